The van der Waals surface area contributed by atoms with Gasteiger partial charge in [-0.1, -0.05) is 12.8 Å². The van der Waals surface area contributed by atoms with Gasteiger partial charge in [0.1, 0.15) is 11.6 Å². The standard InChI is InChI=1S/C19H26N4O/c1-15(2)24-17-9-7-16(8-10-17)21-18-11-12-20-19(22-18)23-13-5-3-4-6-14-23/h7-12,15H,3-6,13-14H2,1-2H3,(H,20,21,22). The van der Waals surface area contributed by atoms with E-state index in [1.165, 1.54) is 25.7 Å². The SMILES string of the molecule is CC(C)Oc1ccc(Nc2ccnc(N3CCCCCC3)n2)cc1. The van der Waals surface area contributed by atoms with Gasteiger partial charge < -0.3 is 15.0 Å². The Hall–Kier alpha value is -2.30. The van der Waals surface area contributed by atoms with Gasteiger partial charge in [-0.15, -0.1) is 0 Å². The molecule has 0 bridgehead atoms. The van der Waals surface area contributed by atoms with Gasteiger partial charge in [-0.2, -0.15) is 4.98 Å². The number of anilines is 3. The van der Waals surface area contributed by atoms with Gasteiger partial charge in [0, 0.05) is 25.0 Å². The summed E-state index contributed by atoms with van der Waals surface area (Å²) in [6.45, 7) is 6.14. The van der Waals surface area contributed by atoms with Gasteiger partial charge in [0.05, 0.1) is 6.10 Å². The third-order valence-electron chi connectivity index (χ3n) is 4.03. The molecule has 1 aromatic heterocycles. The minimum Gasteiger partial charge on any atom is -0.491 e. The summed E-state index contributed by atoms with van der Waals surface area (Å²) in [5.41, 5.74) is 0.992. The molecule has 1 aromatic carbocycles. The monoisotopic (exact) mass is 326 g/mol. The van der Waals surface area contributed by atoms with Crippen LogP contribution in [0.1, 0.15) is 39.5 Å². The van der Waals surface area contributed by atoms with Crippen molar-refractivity contribution in [2.24, 2.45) is 0 Å². The van der Waals surface area contributed by atoms with Crippen molar-refractivity contribution in [1.82, 2.24) is 9.97 Å². The van der Waals surface area contributed by atoms with Crippen molar-refractivity contribution in [3.05, 3.63) is 36.5 Å². The summed E-state index contributed by atoms with van der Waals surface area (Å²) in [5, 5.41) is 3.35. The molecule has 5 heteroatoms. The smallest absolute Gasteiger partial charge is 0.227 e. The summed E-state index contributed by atoms with van der Waals surface area (Å²) >= 11 is 0. The van der Waals surface area contributed by atoms with Crippen LogP contribution in [0.3, 0.4) is 0 Å². The topological polar surface area (TPSA) is 50.3 Å². The Bertz CT molecular complexity index is 634. The Balaban J connectivity index is 1.67. The van der Waals surface area contributed by atoms with Crippen molar-refractivity contribution >= 4 is 17.5 Å². The number of aromatic nitrogens is 2. The van der Waals surface area contributed by atoms with Crippen LogP contribution < -0.4 is 15.0 Å². The Morgan fingerprint density at radius 1 is 1.00 bits per heavy atom. The first-order valence-electron chi connectivity index (χ1n) is 8.82. The van der Waals surface area contributed by atoms with Gasteiger partial charge in [0.2, 0.25) is 5.95 Å². The van der Waals surface area contributed by atoms with Crippen molar-refractivity contribution in [1.29, 1.82) is 0 Å². The minimum atomic E-state index is 0.182. The molecule has 0 amide bonds. The second-order valence-electron chi connectivity index (χ2n) is 6.46. The number of nitrogens with one attached hydrogen (secondary N) is 1. The quantitative estimate of drug-likeness (QED) is 0.883. The van der Waals surface area contributed by atoms with Gasteiger partial charge in [-0.3, -0.25) is 0 Å². The van der Waals surface area contributed by atoms with E-state index in [-0.39, 0.29) is 6.10 Å². The molecule has 1 aliphatic rings. The van der Waals surface area contributed by atoms with Crippen molar-refractivity contribution in [3.8, 4) is 5.75 Å². The number of rotatable bonds is 5. The molecule has 0 unspecified atom stereocenters. The molecule has 1 N–H and O–H groups in total. The van der Waals surface area contributed by atoms with E-state index in [1.807, 2.05) is 50.4 Å². The van der Waals surface area contributed by atoms with E-state index in [4.69, 9.17) is 4.74 Å². The van der Waals surface area contributed by atoms with Crippen LogP contribution in [0.5, 0.6) is 5.75 Å². The van der Waals surface area contributed by atoms with E-state index in [0.29, 0.717) is 0 Å². The maximum Gasteiger partial charge on any atom is 0.227 e. The predicted molar refractivity (Wildman–Crippen MR) is 98.2 cm³/mol. The van der Waals surface area contributed by atoms with Gasteiger partial charge in [-0.25, -0.2) is 4.98 Å². The molecule has 3 rings (SSSR count). The molecule has 0 radical (unpaired) electrons. The second-order valence-corrected chi connectivity index (χ2v) is 6.46. The molecule has 0 spiro atoms. The first-order chi connectivity index (χ1) is 11.7. The van der Waals surface area contributed by atoms with Crippen LogP contribution in [0.25, 0.3) is 0 Å². The van der Waals surface area contributed by atoms with Crippen LogP contribution in [-0.2, 0) is 0 Å². The molecule has 0 saturated carbocycles. The Morgan fingerprint density at radius 2 is 1.71 bits per heavy atom. The Labute approximate surface area is 144 Å². The normalized spacial score (nSPS) is 15.2. The summed E-state index contributed by atoms with van der Waals surface area (Å²) in [6.07, 6.45) is 7.06. The minimum absolute atomic E-state index is 0.182. The molecule has 128 valence electrons. The second kappa shape index (κ2) is 7.99. The zero-order valence-corrected chi connectivity index (χ0v) is 14.5. The number of benzene rings is 1. The maximum atomic E-state index is 5.67. The molecule has 24 heavy (non-hydrogen) atoms. The highest BCUT2D eigenvalue weighted by Gasteiger charge is 2.12. The molecular weight excluding hydrogens is 300 g/mol. The molecular formula is C19H26N4O. The van der Waals surface area contributed by atoms with Crippen LogP contribution in [0.15, 0.2) is 36.5 Å². The number of hydrogen-bond acceptors (Lipinski definition) is 5. The number of hydrogen-bond donors (Lipinski definition) is 1. The zero-order valence-electron chi connectivity index (χ0n) is 14.5. The molecule has 1 fully saturated rings. The first kappa shape index (κ1) is 16.6. The fourth-order valence-electron chi connectivity index (χ4n) is 2.88. The van der Waals surface area contributed by atoms with Gasteiger partial charge in [0.15, 0.2) is 0 Å². The summed E-state index contributed by atoms with van der Waals surface area (Å²) in [5.74, 6) is 2.52. The van der Waals surface area contributed by atoms with Crippen molar-refractivity contribution in [3.63, 3.8) is 0 Å². The van der Waals surface area contributed by atoms with Gasteiger partial charge in [-0.05, 0) is 57.0 Å². The maximum absolute atomic E-state index is 5.67. The molecule has 2 heterocycles. The van der Waals surface area contributed by atoms with E-state index in [2.05, 4.69) is 20.2 Å². The lowest BCUT2D eigenvalue weighted by atomic mass is 10.2. The van der Waals surface area contributed by atoms with E-state index in [0.717, 1.165) is 36.3 Å². The third kappa shape index (κ3) is 4.60. The molecule has 1 saturated heterocycles. The summed E-state index contributed by atoms with van der Waals surface area (Å²) in [4.78, 5) is 11.4. The lowest BCUT2D eigenvalue weighted by Crippen LogP contribution is -2.26. The summed E-state index contributed by atoms with van der Waals surface area (Å²) < 4.78 is 5.67. The highest BCUT2D eigenvalue weighted by molar-refractivity contribution is 5.58. The van der Waals surface area contributed by atoms with Crippen molar-refractivity contribution in [2.45, 2.75) is 45.6 Å². The molecule has 0 aliphatic carbocycles. The lowest BCUT2D eigenvalue weighted by molar-refractivity contribution is 0.242. The average molecular weight is 326 g/mol. The van der Waals surface area contributed by atoms with Crippen LogP contribution >= 0.6 is 0 Å². The first-order valence-corrected chi connectivity index (χ1v) is 8.82. The highest BCUT2D eigenvalue weighted by atomic mass is 16.5. The average Bonchev–Trinajstić information content (AvgIpc) is 2.86. The van der Waals surface area contributed by atoms with Crippen LogP contribution in [0.4, 0.5) is 17.5 Å². The fraction of sp³-hybridized carbons (Fsp3) is 0.474. The number of ether oxygens (including phenoxy) is 1. The van der Waals surface area contributed by atoms with Crippen LogP contribution in [0, 0.1) is 0 Å². The fourth-order valence-corrected chi connectivity index (χ4v) is 2.88. The Morgan fingerprint density at radius 3 is 2.38 bits per heavy atom. The number of nitrogens with zero attached hydrogens (tertiary/aromatic N) is 3. The summed E-state index contributed by atoms with van der Waals surface area (Å²) in [7, 11) is 0. The Kier molecular flexibility index (Phi) is 5.51. The molecule has 1 aliphatic heterocycles. The van der Waals surface area contributed by atoms with Crippen LogP contribution in [-0.4, -0.2) is 29.2 Å². The third-order valence-corrected chi connectivity index (χ3v) is 4.03. The van der Waals surface area contributed by atoms with E-state index < -0.39 is 0 Å². The summed E-state index contributed by atoms with van der Waals surface area (Å²) in [6, 6.07) is 9.86. The lowest BCUT2D eigenvalue weighted by Gasteiger charge is -2.20. The van der Waals surface area contributed by atoms with Gasteiger partial charge >= 0.3 is 0 Å². The van der Waals surface area contributed by atoms with E-state index >= 15 is 0 Å². The largest absolute Gasteiger partial charge is 0.491 e. The molecule has 5 nitrogen and oxygen atoms in total. The van der Waals surface area contributed by atoms with Crippen molar-refractivity contribution in [2.75, 3.05) is 23.3 Å². The van der Waals surface area contributed by atoms with Crippen LogP contribution in [0.2, 0.25) is 0 Å². The van der Waals surface area contributed by atoms with Crippen molar-refractivity contribution < 1.29 is 4.74 Å². The molecule has 2 aromatic rings. The van der Waals surface area contributed by atoms with E-state index in [1.54, 1.807) is 0 Å². The highest BCUT2D eigenvalue weighted by Crippen LogP contribution is 2.21. The predicted octanol–water partition coefficient (Wildman–Crippen LogP) is 4.39. The van der Waals surface area contributed by atoms with Gasteiger partial charge in [0.25, 0.3) is 0 Å². The zero-order chi connectivity index (χ0) is 16.8. The van der Waals surface area contributed by atoms with E-state index in [9.17, 15) is 0 Å². The molecule has 0 atom stereocenters.